The third kappa shape index (κ3) is 2.65. The van der Waals surface area contributed by atoms with E-state index in [4.69, 9.17) is 9.47 Å². The van der Waals surface area contributed by atoms with E-state index in [9.17, 15) is 0 Å². The minimum absolute atomic E-state index is 0.284. The van der Waals surface area contributed by atoms with Crippen molar-refractivity contribution >= 4 is 27.3 Å². The Labute approximate surface area is 89.2 Å². The number of hydrogen-bond acceptors (Lipinski definition) is 4. The van der Waals surface area contributed by atoms with E-state index < -0.39 is 0 Å². The molecule has 0 spiro atoms. The van der Waals surface area contributed by atoms with Crippen LogP contribution in [0.1, 0.15) is 12.8 Å². The molecule has 0 bridgehead atoms. The highest BCUT2D eigenvalue weighted by Crippen LogP contribution is 2.24. The number of aromatic nitrogens is 1. The van der Waals surface area contributed by atoms with E-state index in [2.05, 4.69) is 20.9 Å². The second kappa shape index (κ2) is 4.39. The summed E-state index contributed by atoms with van der Waals surface area (Å²) in [5.74, 6) is 0. The van der Waals surface area contributed by atoms with Gasteiger partial charge in [-0.25, -0.2) is 0 Å². The first-order valence-electron chi connectivity index (χ1n) is 4.20. The van der Waals surface area contributed by atoms with Gasteiger partial charge in [-0.05, 0) is 15.9 Å². The first-order chi connectivity index (χ1) is 6.34. The SMILES string of the molecule is Brc1csc(OC2CCOCC2)n1. The summed E-state index contributed by atoms with van der Waals surface area (Å²) >= 11 is 4.81. The van der Waals surface area contributed by atoms with E-state index in [-0.39, 0.29) is 6.10 Å². The van der Waals surface area contributed by atoms with Gasteiger partial charge in [0, 0.05) is 18.2 Å². The van der Waals surface area contributed by atoms with Crippen LogP contribution < -0.4 is 4.74 Å². The molecule has 1 aliphatic heterocycles. The van der Waals surface area contributed by atoms with Crippen molar-refractivity contribution < 1.29 is 9.47 Å². The fourth-order valence-electron chi connectivity index (χ4n) is 1.23. The summed E-state index contributed by atoms with van der Waals surface area (Å²) in [6, 6.07) is 0. The maximum Gasteiger partial charge on any atom is 0.274 e. The lowest BCUT2D eigenvalue weighted by molar-refractivity contribution is 0.0254. The highest BCUT2D eigenvalue weighted by molar-refractivity contribution is 9.10. The van der Waals surface area contributed by atoms with Crippen molar-refractivity contribution in [3.63, 3.8) is 0 Å². The van der Waals surface area contributed by atoms with Gasteiger partial charge in [-0.15, -0.1) is 0 Å². The number of hydrogen-bond donors (Lipinski definition) is 0. The van der Waals surface area contributed by atoms with Gasteiger partial charge in [-0.2, -0.15) is 4.98 Å². The van der Waals surface area contributed by atoms with Crippen molar-refractivity contribution in [1.82, 2.24) is 4.98 Å². The van der Waals surface area contributed by atoms with Crippen molar-refractivity contribution in [2.24, 2.45) is 0 Å². The van der Waals surface area contributed by atoms with Crippen LogP contribution in [0, 0.1) is 0 Å². The van der Waals surface area contributed by atoms with E-state index in [1.54, 1.807) is 0 Å². The van der Waals surface area contributed by atoms with E-state index in [0.29, 0.717) is 0 Å². The van der Waals surface area contributed by atoms with Crippen LogP contribution in [-0.4, -0.2) is 24.3 Å². The number of nitrogens with zero attached hydrogens (tertiary/aromatic N) is 1. The van der Waals surface area contributed by atoms with Crippen LogP contribution in [0.5, 0.6) is 5.19 Å². The third-order valence-electron chi connectivity index (χ3n) is 1.89. The quantitative estimate of drug-likeness (QED) is 0.822. The molecule has 1 aliphatic rings. The van der Waals surface area contributed by atoms with E-state index in [1.165, 1.54) is 11.3 Å². The molecule has 13 heavy (non-hydrogen) atoms. The second-order valence-corrected chi connectivity index (χ2v) is 4.50. The van der Waals surface area contributed by atoms with Crippen LogP contribution in [0.2, 0.25) is 0 Å². The second-order valence-electron chi connectivity index (χ2n) is 2.87. The van der Waals surface area contributed by atoms with Gasteiger partial charge in [-0.3, -0.25) is 0 Å². The van der Waals surface area contributed by atoms with Crippen LogP contribution in [-0.2, 0) is 4.74 Å². The minimum Gasteiger partial charge on any atom is -0.467 e. The molecular formula is C8H10BrNO2S. The van der Waals surface area contributed by atoms with Crippen LogP contribution in [0.25, 0.3) is 0 Å². The molecule has 2 heterocycles. The molecule has 3 nitrogen and oxygen atoms in total. The lowest BCUT2D eigenvalue weighted by atomic mass is 10.2. The zero-order valence-corrected chi connectivity index (χ0v) is 9.44. The molecule has 0 saturated carbocycles. The molecule has 0 amide bonds. The molecule has 1 fully saturated rings. The molecule has 0 atom stereocenters. The van der Waals surface area contributed by atoms with Gasteiger partial charge >= 0.3 is 0 Å². The van der Waals surface area contributed by atoms with Crippen molar-refractivity contribution in [3.8, 4) is 5.19 Å². The Morgan fingerprint density at radius 2 is 2.31 bits per heavy atom. The predicted octanol–water partition coefficient (Wildman–Crippen LogP) is 2.46. The summed E-state index contributed by atoms with van der Waals surface area (Å²) in [4.78, 5) is 4.18. The highest BCUT2D eigenvalue weighted by Gasteiger charge is 2.16. The fraction of sp³-hybridized carbons (Fsp3) is 0.625. The molecule has 0 radical (unpaired) electrons. The van der Waals surface area contributed by atoms with Gasteiger partial charge in [0.05, 0.1) is 13.2 Å². The zero-order chi connectivity index (χ0) is 9.10. The first-order valence-corrected chi connectivity index (χ1v) is 5.87. The minimum atomic E-state index is 0.284. The highest BCUT2D eigenvalue weighted by atomic mass is 79.9. The van der Waals surface area contributed by atoms with E-state index in [1.807, 2.05) is 5.38 Å². The molecule has 1 saturated heterocycles. The predicted molar refractivity (Wildman–Crippen MR) is 54.3 cm³/mol. The summed E-state index contributed by atoms with van der Waals surface area (Å²) < 4.78 is 11.8. The van der Waals surface area contributed by atoms with Gasteiger partial charge in [0.25, 0.3) is 5.19 Å². The van der Waals surface area contributed by atoms with Gasteiger partial charge in [0.1, 0.15) is 10.7 Å². The lowest BCUT2D eigenvalue weighted by Gasteiger charge is -2.21. The van der Waals surface area contributed by atoms with Crippen LogP contribution >= 0.6 is 27.3 Å². The zero-order valence-electron chi connectivity index (χ0n) is 7.03. The standard InChI is InChI=1S/C8H10BrNO2S/c9-7-5-13-8(10-7)12-6-1-3-11-4-2-6/h5-6H,1-4H2. The van der Waals surface area contributed by atoms with E-state index >= 15 is 0 Å². The molecule has 1 aromatic heterocycles. The molecule has 72 valence electrons. The first kappa shape index (κ1) is 9.43. The number of ether oxygens (including phenoxy) is 2. The number of thiazole rings is 1. The fourth-order valence-corrected chi connectivity index (χ4v) is 2.38. The van der Waals surface area contributed by atoms with Crippen molar-refractivity contribution in [2.75, 3.05) is 13.2 Å². The average molecular weight is 264 g/mol. The Kier molecular flexibility index (Phi) is 3.18. The summed E-state index contributed by atoms with van der Waals surface area (Å²) in [5, 5.41) is 2.67. The average Bonchev–Trinajstić information content (AvgIpc) is 2.53. The maximum atomic E-state index is 5.67. The number of halogens is 1. The molecule has 1 aromatic rings. The van der Waals surface area contributed by atoms with Crippen LogP contribution in [0.4, 0.5) is 0 Å². The number of rotatable bonds is 2. The normalized spacial score (nSPS) is 18.8. The summed E-state index contributed by atoms with van der Waals surface area (Å²) in [7, 11) is 0. The van der Waals surface area contributed by atoms with Crippen LogP contribution in [0.15, 0.2) is 9.98 Å². The topological polar surface area (TPSA) is 31.4 Å². The van der Waals surface area contributed by atoms with Crippen LogP contribution in [0.3, 0.4) is 0 Å². The molecule has 0 aromatic carbocycles. The molecule has 2 rings (SSSR count). The van der Waals surface area contributed by atoms with Gasteiger partial charge < -0.3 is 9.47 Å². The van der Waals surface area contributed by atoms with Gasteiger partial charge in [0.2, 0.25) is 0 Å². The summed E-state index contributed by atoms with van der Waals surface area (Å²) in [5.41, 5.74) is 0. The Morgan fingerprint density at radius 1 is 1.54 bits per heavy atom. The maximum absolute atomic E-state index is 5.67. The Bertz CT molecular complexity index is 273. The largest absolute Gasteiger partial charge is 0.467 e. The molecule has 5 heteroatoms. The molecular weight excluding hydrogens is 254 g/mol. The van der Waals surface area contributed by atoms with Crippen molar-refractivity contribution in [2.45, 2.75) is 18.9 Å². The Morgan fingerprint density at radius 3 is 2.92 bits per heavy atom. The molecule has 0 N–H and O–H groups in total. The van der Waals surface area contributed by atoms with Crippen molar-refractivity contribution in [3.05, 3.63) is 9.98 Å². The smallest absolute Gasteiger partial charge is 0.274 e. The summed E-state index contributed by atoms with van der Waals surface area (Å²) in [6.07, 6.45) is 2.22. The third-order valence-corrected chi connectivity index (χ3v) is 3.33. The summed E-state index contributed by atoms with van der Waals surface area (Å²) in [6.45, 7) is 1.61. The van der Waals surface area contributed by atoms with Gasteiger partial charge in [0.15, 0.2) is 0 Å². The lowest BCUT2D eigenvalue weighted by Crippen LogP contribution is -2.25. The monoisotopic (exact) mass is 263 g/mol. The molecule has 0 unspecified atom stereocenters. The Balaban J connectivity index is 1.89. The van der Waals surface area contributed by atoms with Crippen molar-refractivity contribution in [1.29, 1.82) is 0 Å². The molecule has 0 aliphatic carbocycles. The van der Waals surface area contributed by atoms with E-state index in [0.717, 1.165) is 35.9 Å². The van der Waals surface area contributed by atoms with Gasteiger partial charge in [-0.1, -0.05) is 11.3 Å². The Hall–Kier alpha value is -0.130.